The van der Waals surface area contributed by atoms with Gasteiger partial charge in [-0.2, -0.15) is 0 Å². The van der Waals surface area contributed by atoms with Gasteiger partial charge in [-0.05, 0) is 30.7 Å². The minimum Gasteiger partial charge on any atom is -0.454 e. The fraction of sp³-hybridized carbons (Fsp3) is 0.214. The van der Waals surface area contributed by atoms with Crippen molar-refractivity contribution in [1.82, 2.24) is 4.98 Å². The molecule has 102 valence electrons. The summed E-state index contributed by atoms with van der Waals surface area (Å²) in [4.78, 5) is 24.5. The highest BCUT2D eigenvalue weighted by Gasteiger charge is 2.01. The highest BCUT2D eigenvalue weighted by Crippen LogP contribution is 1.99. The molecule has 0 aromatic carbocycles. The summed E-state index contributed by atoms with van der Waals surface area (Å²) in [5, 5.41) is 0. The molecular formula is C14H17NO4. The van der Waals surface area contributed by atoms with Gasteiger partial charge in [-0.3, -0.25) is 9.78 Å². The number of ether oxygens (including phenoxy) is 2. The normalized spacial score (nSPS) is 8.53. The first-order chi connectivity index (χ1) is 8.99. The lowest BCUT2D eigenvalue weighted by Crippen LogP contribution is -2.12. The van der Waals surface area contributed by atoms with Crippen molar-refractivity contribution >= 4 is 18.0 Å². The quantitative estimate of drug-likeness (QED) is 0.616. The van der Waals surface area contributed by atoms with Gasteiger partial charge >= 0.3 is 11.9 Å². The molecule has 0 radical (unpaired) electrons. The first-order valence-electron chi connectivity index (χ1n) is 5.48. The van der Waals surface area contributed by atoms with Crippen molar-refractivity contribution in [2.24, 2.45) is 0 Å². The molecule has 0 fully saturated rings. The van der Waals surface area contributed by atoms with E-state index in [2.05, 4.69) is 27.6 Å². The van der Waals surface area contributed by atoms with Crippen LogP contribution in [0.2, 0.25) is 0 Å². The molecule has 0 aliphatic heterocycles. The smallest absolute Gasteiger partial charge is 0.349 e. The molecule has 0 spiro atoms. The van der Waals surface area contributed by atoms with Crippen LogP contribution in [0.5, 0.6) is 0 Å². The summed E-state index contributed by atoms with van der Waals surface area (Å²) >= 11 is 0. The number of esters is 2. The summed E-state index contributed by atoms with van der Waals surface area (Å²) in [6, 6.07) is 3.96. The molecule has 0 unspecified atom stereocenters. The third-order valence-electron chi connectivity index (χ3n) is 1.75. The number of aromatic nitrogens is 1. The zero-order valence-corrected chi connectivity index (χ0v) is 11.1. The lowest BCUT2D eigenvalue weighted by Gasteiger charge is -1.97. The predicted octanol–water partition coefficient (Wildman–Crippen LogP) is 2.27. The lowest BCUT2D eigenvalue weighted by molar-refractivity contribution is -0.154. The SMILES string of the molecule is C=COC(=O)COC(C)=O.C=Cc1cc(C)ccn1. The standard InChI is InChI=1S/C8H9N.C6H8O4/c1-3-8-6-7(2)4-5-9-8;1-3-9-6(8)4-10-5(2)7/h3-6H,1H2,2H3;3H,1,4H2,2H3. The van der Waals surface area contributed by atoms with E-state index < -0.39 is 11.9 Å². The third kappa shape index (κ3) is 9.29. The number of hydrogen-bond acceptors (Lipinski definition) is 5. The summed E-state index contributed by atoms with van der Waals surface area (Å²) in [6.07, 6.45) is 4.51. The van der Waals surface area contributed by atoms with Crippen LogP contribution in [0, 0.1) is 6.92 Å². The maximum absolute atomic E-state index is 10.4. The topological polar surface area (TPSA) is 65.5 Å². The first kappa shape index (κ1) is 16.6. The zero-order chi connectivity index (χ0) is 14.7. The second kappa shape index (κ2) is 9.58. The van der Waals surface area contributed by atoms with E-state index >= 15 is 0 Å². The molecule has 0 bridgehead atoms. The van der Waals surface area contributed by atoms with Crippen molar-refractivity contribution in [3.8, 4) is 0 Å². The number of carbonyl (C=O) groups excluding carboxylic acids is 2. The van der Waals surface area contributed by atoms with Crippen LogP contribution in [0.4, 0.5) is 0 Å². The highest BCUT2D eigenvalue weighted by atomic mass is 16.6. The fourth-order valence-electron chi connectivity index (χ4n) is 0.959. The highest BCUT2D eigenvalue weighted by molar-refractivity contribution is 5.75. The number of carbonyl (C=O) groups is 2. The van der Waals surface area contributed by atoms with E-state index in [1.54, 1.807) is 12.3 Å². The van der Waals surface area contributed by atoms with Crippen LogP contribution in [-0.2, 0) is 19.1 Å². The molecule has 0 saturated carbocycles. The van der Waals surface area contributed by atoms with Crippen LogP contribution >= 0.6 is 0 Å². The Morgan fingerprint density at radius 2 is 2.11 bits per heavy atom. The maximum Gasteiger partial charge on any atom is 0.349 e. The third-order valence-corrected chi connectivity index (χ3v) is 1.75. The molecular weight excluding hydrogens is 246 g/mol. The minimum absolute atomic E-state index is 0.360. The number of aryl methyl sites for hydroxylation is 1. The zero-order valence-electron chi connectivity index (χ0n) is 11.1. The summed E-state index contributed by atoms with van der Waals surface area (Å²) in [7, 11) is 0. The van der Waals surface area contributed by atoms with Gasteiger partial charge in [0, 0.05) is 13.1 Å². The molecule has 0 aliphatic rings. The summed E-state index contributed by atoms with van der Waals surface area (Å²) < 4.78 is 8.53. The molecule has 0 atom stereocenters. The van der Waals surface area contributed by atoms with Gasteiger partial charge in [0.05, 0.1) is 12.0 Å². The van der Waals surface area contributed by atoms with Crippen molar-refractivity contribution in [3.63, 3.8) is 0 Å². The molecule has 1 aromatic rings. The molecule has 1 rings (SSSR count). The Morgan fingerprint density at radius 1 is 1.42 bits per heavy atom. The van der Waals surface area contributed by atoms with Crippen molar-refractivity contribution in [3.05, 3.63) is 49.0 Å². The molecule has 0 saturated heterocycles. The van der Waals surface area contributed by atoms with E-state index in [-0.39, 0.29) is 6.61 Å². The van der Waals surface area contributed by atoms with E-state index in [0.717, 1.165) is 12.0 Å². The maximum atomic E-state index is 10.4. The van der Waals surface area contributed by atoms with Gasteiger partial charge in [0.15, 0.2) is 6.61 Å². The monoisotopic (exact) mass is 263 g/mol. The predicted molar refractivity (Wildman–Crippen MR) is 72.0 cm³/mol. The van der Waals surface area contributed by atoms with Gasteiger partial charge in [0.25, 0.3) is 0 Å². The second-order valence-corrected chi connectivity index (χ2v) is 3.40. The fourth-order valence-corrected chi connectivity index (χ4v) is 0.959. The van der Waals surface area contributed by atoms with Crippen LogP contribution in [0.3, 0.4) is 0 Å². The van der Waals surface area contributed by atoms with E-state index in [4.69, 9.17) is 0 Å². The number of pyridine rings is 1. The molecule has 0 amide bonds. The lowest BCUT2D eigenvalue weighted by atomic mass is 10.2. The molecule has 1 aromatic heterocycles. The van der Waals surface area contributed by atoms with Crippen LogP contribution < -0.4 is 0 Å². The van der Waals surface area contributed by atoms with Gasteiger partial charge in [0.2, 0.25) is 0 Å². The Balaban J connectivity index is 0.000000342. The Hall–Kier alpha value is -2.43. The van der Waals surface area contributed by atoms with Crippen molar-refractivity contribution < 1.29 is 19.1 Å². The Morgan fingerprint density at radius 3 is 2.53 bits per heavy atom. The average Bonchev–Trinajstić information content (AvgIpc) is 2.37. The molecule has 5 heteroatoms. The molecule has 0 aliphatic carbocycles. The molecule has 5 nitrogen and oxygen atoms in total. The number of hydrogen-bond donors (Lipinski definition) is 0. The Kier molecular flexibility index (Phi) is 8.36. The first-order valence-corrected chi connectivity index (χ1v) is 5.48. The van der Waals surface area contributed by atoms with E-state index in [1.807, 2.05) is 19.1 Å². The van der Waals surface area contributed by atoms with Gasteiger partial charge in [-0.15, -0.1) is 0 Å². The van der Waals surface area contributed by atoms with Crippen LogP contribution in [0.1, 0.15) is 18.2 Å². The van der Waals surface area contributed by atoms with E-state index in [0.29, 0.717) is 0 Å². The summed E-state index contributed by atoms with van der Waals surface area (Å²) in [5.74, 6) is -1.15. The van der Waals surface area contributed by atoms with E-state index in [1.165, 1.54) is 12.5 Å². The van der Waals surface area contributed by atoms with Gasteiger partial charge < -0.3 is 9.47 Å². The summed E-state index contributed by atoms with van der Waals surface area (Å²) in [5.41, 5.74) is 2.16. The molecule has 0 N–H and O–H groups in total. The van der Waals surface area contributed by atoms with Crippen LogP contribution in [0.15, 0.2) is 37.7 Å². The van der Waals surface area contributed by atoms with Gasteiger partial charge in [-0.1, -0.05) is 13.2 Å². The van der Waals surface area contributed by atoms with Crippen molar-refractivity contribution in [2.75, 3.05) is 6.61 Å². The Bertz CT molecular complexity index is 455. The van der Waals surface area contributed by atoms with Crippen molar-refractivity contribution in [1.29, 1.82) is 0 Å². The van der Waals surface area contributed by atoms with Crippen LogP contribution in [0.25, 0.3) is 6.08 Å². The number of nitrogens with zero attached hydrogens (tertiary/aromatic N) is 1. The average molecular weight is 263 g/mol. The number of rotatable bonds is 4. The largest absolute Gasteiger partial charge is 0.454 e. The van der Waals surface area contributed by atoms with Crippen LogP contribution in [-0.4, -0.2) is 23.5 Å². The van der Waals surface area contributed by atoms with Gasteiger partial charge in [0.1, 0.15) is 0 Å². The Labute approximate surface area is 112 Å². The van der Waals surface area contributed by atoms with E-state index in [9.17, 15) is 9.59 Å². The second-order valence-electron chi connectivity index (χ2n) is 3.40. The molecule has 1 heterocycles. The minimum atomic E-state index is -0.634. The molecule has 19 heavy (non-hydrogen) atoms. The van der Waals surface area contributed by atoms with Crippen molar-refractivity contribution in [2.45, 2.75) is 13.8 Å². The summed E-state index contributed by atoms with van der Waals surface area (Å²) in [6.45, 7) is 9.64. The van der Waals surface area contributed by atoms with Gasteiger partial charge in [-0.25, -0.2) is 4.79 Å².